The first-order valence-electron chi connectivity index (χ1n) is 13.3. The van der Waals surface area contributed by atoms with Gasteiger partial charge in [0.1, 0.15) is 11.6 Å². The Balaban J connectivity index is 1.47. The molecule has 9 heteroatoms. The average Bonchev–Trinajstić information content (AvgIpc) is 3.51. The molecule has 5 rings (SSSR count). The number of carbonyl (C=O) groups excluding carboxylic acids is 2. The normalized spacial score (nSPS) is 23.2. The summed E-state index contributed by atoms with van der Waals surface area (Å²) in [6.45, 7) is 7.34. The number of hydrogen-bond acceptors (Lipinski definition) is 7. The molecule has 2 amide bonds. The molecule has 4 heterocycles. The summed E-state index contributed by atoms with van der Waals surface area (Å²) in [6, 6.07) is 8.12. The summed E-state index contributed by atoms with van der Waals surface area (Å²) in [6.07, 6.45) is 7.89. The number of carbonyl (C=O) groups is 2. The monoisotopic (exact) mass is 555 g/mol. The quantitative estimate of drug-likeness (QED) is 0.482. The van der Waals surface area contributed by atoms with Gasteiger partial charge in [-0.3, -0.25) is 14.5 Å². The van der Waals surface area contributed by atoms with Gasteiger partial charge in [-0.1, -0.05) is 18.2 Å². The second-order valence-corrected chi connectivity index (χ2v) is 12.1. The van der Waals surface area contributed by atoms with Crippen molar-refractivity contribution in [3.05, 3.63) is 57.8 Å². The molecular weight excluding hydrogens is 518 g/mol. The highest BCUT2D eigenvalue weighted by atomic mass is 32.2. The van der Waals surface area contributed by atoms with Gasteiger partial charge in [-0.25, -0.2) is 0 Å². The second kappa shape index (κ2) is 11.3. The zero-order valence-corrected chi connectivity index (χ0v) is 24.3. The van der Waals surface area contributed by atoms with Crippen LogP contribution in [0, 0.1) is 0 Å². The largest absolute Gasteiger partial charge is 0.493 e. The van der Waals surface area contributed by atoms with Gasteiger partial charge >= 0.3 is 0 Å². The van der Waals surface area contributed by atoms with Gasteiger partial charge in [0.05, 0.1) is 19.0 Å². The fourth-order valence-corrected chi connectivity index (χ4v) is 7.34. The van der Waals surface area contributed by atoms with Crippen LogP contribution in [-0.4, -0.2) is 90.5 Å². The van der Waals surface area contributed by atoms with Crippen LogP contribution in [0.5, 0.6) is 11.5 Å². The van der Waals surface area contributed by atoms with Crippen molar-refractivity contribution < 1.29 is 19.1 Å². The van der Waals surface area contributed by atoms with Gasteiger partial charge in [-0.05, 0) is 67.7 Å². The number of fused-ring (bicyclic) bond motifs is 3. The van der Waals surface area contributed by atoms with Crippen LogP contribution in [0.25, 0.3) is 0 Å². The minimum Gasteiger partial charge on any atom is -0.493 e. The van der Waals surface area contributed by atoms with Crippen molar-refractivity contribution in [2.45, 2.75) is 44.4 Å². The molecule has 3 aliphatic heterocycles. The molecule has 7 nitrogen and oxygen atoms in total. The molecule has 1 saturated heterocycles. The molecular formula is C29H37N3O4S2. The Labute approximate surface area is 233 Å². The summed E-state index contributed by atoms with van der Waals surface area (Å²) in [5.74, 6) is 2.24. The number of ether oxygens (including phenoxy) is 2. The summed E-state index contributed by atoms with van der Waals surface area (Å²) in [5.41, 5.74) is 1.84. The highest BCUT2D eigenvalue weighted by Gasteiger charge is 2.51. The SMILES string of the molecule is COc1cc2c(cc1OC(C)C)C1(c3cccs3)C=CC(C(=O)N3CCCN(C(=O)CSC)CC3)N1CC2. The molecule has 204 valence electrons. The van der Waals surface area contributed by atoms with Crippen LogP contribution < -0.4 is 9.47 Å². The molecule has 0 N–H and O–H groups in total. The third-order valence-electron chi connectivity index (χ3n) is 7.67. The molecule has 0 aliphatic carbocycles. The number of rotatable bonds is 7. The number of thioether (sulfide) groups is 1. The van der Waals surface area contributed by atoms with Crippen molar-refractivity contribution in [1.82, 2.24) is 14.7 Å². The van der Waals surface area contributed by atoms with Crippen molar-refractivity contribution >= 4 is 34.9 Å². The van der Waals surface area contributed by atoms with Crippen LogP contribution in [0.3, 0.4) is 0 Å². The van der Waals surface area contributed by atoms with E-state index in [4.69, 9.17) is 9.47 Å². The van der Waals surface area contributed by atoms with E-state index in [2.05, 4.69) is 46.7 Å². The van der Waals surface area contributed by atoms with Crippen LogP contribution in [0.2, 0.25) is 0 Å². The molecule has 2 atom stereocenters. The number of hydrogen-bond donors (Lipinski definition) is 0. The van der Waals surface area contributed by atoms with E-state index in [9.17, 15) is 9.59 Å². The predicted molar refractivity (Wildman–Crippen MR) is 153 cm³/mol. The van der Waals surface area contributed by atoms with Gasteiger partial charge < -0.3 is 19.3 Å². The maximum absolute atomic E-state index is 14.0. The highest BCUT2D eigenvalue weighted by Crippen LogP contribution is 2.51. The van der Waals surface area contributed by atoms with Crippen LogP contribution in [-0.2, 0) is 21.5 Å². The summed E-state index contributed by atoms with van der Waals surface area (Å²) in [4.78, 5) is 33.9. The highest BCUT2D eigenvalue weighted by molar-refractivity contribution is 7.99. The minimum absolute atomic E-state index is 0.0122. The lowest BCUT2D eigenvalue weighted by Crippen LogP contribution is -2.55. The van der Waals surface area contributed by atoms with Crippen LogP contribution in [0.4, 0.5) is 0 Å². The Morgan fingerprint density at radius 2 is 1.92 bits per heavy atom. The molecule has 0 radical (unpaired) electrons. The van der Waals surface area contributed by atoms with E-state index >= 15 is 0 Å². The maximum atomic E-state index is 14.0. The molecule has 3 aliphatic rings. The zero-order valence-electron chi connectivity index (χ0n) is 22.6. The van der Waals surface area contributed by atoms with E-state index in [0.29, 0.717) is 31.9 Å². The van der Waals surface area contributed by atoms with E-state index in [1.807, 2.05) is 29.9 Å². The van der Waals surface area contributed by atoms with Gasteiger partial charge in [0.25, 0.3) is 0 Å². The third-order valence-corrected chi connectivity index (χ3v) is 9.20. The molecule has 1 aromatic carbocycles. The van der Waals surface area contributed by atoms with Crippen molar-refractivity contribution in [3.63, 3.8) is 0 Å². The molecule has 38 heavy (non-hydrogen) atoms. The third kappa shape index (κ3) is 4.84. The van der Waals surface area contributed by atoms with Gasteiger partial charge in [0.2, 0.25) is 11.8 Å². The summed E-state index contributed by atoms with van der Waals surface area (Å²) < 4.78 is 11.9. The molecule has 0 saturated carbocycles. The standard InChI is InChI=1S/C29H37N3O4S2/c1-20(2)36-25-18-22-21(17-24(25)35-3)9-13-32-23(8-10-29(22,32)26-7-5-16-38-26)28(34)31-12-6-11-30(14-15-31)27(33)19-37-4/h5,7-8,10,16-18,20,23H,6,9,11-15,19H2,1-4H3. The lowest BCUT2D eigenvalue weighted by atomic mass is 9.80. The second-order valence-electron chi connectivity index (χ2n) is 10.3. The first-order valence-corrected chi connectivity index (χ1v) is 15.6. The maximum Gasteiger partial charge on any atom is 0.244 e. The van der Waals surface area contributed by atoms with Crippen molar-refractivity contribution in [1.29, 1.82) is 0 Å². The number of amides is 2. The molecule has 0 bridgehead atoms. The molecule has 1 fully saturated rings. The topological polar surface area (TPSA) is 62.3 Å². The van der Waals surface area contributed by atoms with Gasteiger partial charge in [0, 0.05) is 37.6 Å². The Kier molecular flexibility index (Phi) is 8.07. The van der Waals surface area contributed by atoms with Gasteiger partial charge in [-0.2, -0.15) is 11.8 Å². The Hall–Kier alpha value is -2.49. The van der Waals surface area contributed by atoms with E-state index in [1.54, 1.807) is 30.2 Å². The lowest BCUT2D eigenvalue weighted by Gasteiger charge is -2.46. The number of methoxy groups -OCH3 is 1. The summed E-state index contributed by atoms with van der Waals surface area (Å²) >= 11 is 3.26. The molecule has 2 aromatic rings. The van der Waals surface area contributed by atoms with Crippen LogP contribution in [0.1, 0.15) is 36.3 Å². The first kappa shape index (κ1) is 27.1. The number of thiophene rings is 1. The first-order chi connectivity index (χ1) is 18.4. The van der Waals surface area contributed by atoms with Crippen LogP contribution in [0.15, 0.2) is 41.8 Å². The van der Waals surface area contributed by atoms with E-state index in [-0.39, 0.29) is 24.0 Å². The minimum atomic E-state index is -0.532. The van der Waals surface area contributed by atoms with E-state index in [1.165, 1.54) is 10.4 Å². The molecule has 1 aromatic heterocycles. The van der Waals surface area contributed by atoms with Gasteiger partial charge in [-0.15, -0.1) is 11.3 Å². The number of benzene rings is 1. The summed E-state index contributed by atoms with van der Waals surface area (Å²) in [7, 11) is 1.68. The zero-order chi connectivity index (χ0) is 26.9. The Bertz CT molecular complexity index is 1200. The lowest BCUT2D eigenvalue weighted by molar-refractivity contribution is -0.136. The fourth-order valence-electron chi connectivity index (χ4n) is 5.98. The van der Waals surface area contributed by atoms with Crippen molar-refractivity contribution in [3.8, 4) is 11.5 Å². The smallest absolute Gasteiger partial charge is 0.244 e. The Morgan fingerprint density at radius 3 is 2.63 bits per heavy atom. The van der Waals surface area contributed by atoms with E-state index in [0.717, 1.165) is 36.4 Å². The predicted octanol–water partition coefficient (Wildman–Crippen LogP) is 4.01. The van der Waals surface area contributed by atoms with E-state index < -0.39 is 5.54 Å². The average molecular weight is 556 g/mol. The fraction of sp³-hybridized carbons (Fsp3) is 0.517. The molecule has 0 spiro atoms. The van der Waals surface area contributed by atoms with Gasteiger partial charge in [0.15, 0.2) is 11.5 Å². The summed E-state index contributed by atoms with van der Waals surface area (Å²) in [5, 5.41) is 2.10. The number of nitrogens with zero attached hydrogens (tertiary/aromatic N) is 3. The van der Waals surface area contributed by atoms with Crippen LogP contribution >= 0.6 is 23.1 Å². The van der Waals surface area contributed by atoms with Crippen molar-refractivity contribution in [2.24, 2.45) is 0 Å². The van der Waals surface area contributed by atoms with Crippen molar-refractivity contribution in [2.75, 3.05) is 51.8 Å². The Morgan fingerprint density at radius 1 is 1.13 bits per heavy atom. The molecule has 2 unspecified atom stereocenters.